The molecule has 2 amide bonds. The Morgan fingerprint density at radius 2 is 1.64 bits per heavy atom. The van der Waals surface area contributed by atoms with Crippen molar-refractivity contribution >= 4 is 18.0 Å². The Morgan fingerprint density at radius 1 is 1.09 bits per heavy atom. The van der Waals surface area contributed by atoms with Crippen molar-refractivity contribution in [2.75, 3.05) is 46.4 Å². The fourth-order valence-electron chi connectivity index (χ4n) is 1.60. The Morgan fingerprint density at radius 3 is 2.14 bits per heavy atom. The predicted molar refractivity (Wildman–Crippen MR) is 79.1 cm³/mol. The van der Waals surface area contributed by atoms with Crippen molar-refractivity contribution in [2.24, 2.45) is 0 Å². The van der Waals surface area contributed by atoms with Gasteiger partial charge in [-0.25, -0.2) is 0 Å². The van der Waals surface area contributed by atoms with E-state index in [-0.39, 0.29) is 24.3 Å². The Labute approximate surface area is 128 Å². The summed E-state index contributed by atoms with van der Waals surface area (Å²) in [5, 5.41) is 2.03. The van der Waals surface area contributed by atoms with E-state index in [1.54, 1.807) is 14.2 Å². The van der Waals surface area contributed by atoms with Crippen LogP contribution in [0.25, 0.3) is 0 Å². The van der Waals surface area contributed by atoms with Crippen LogP contribution in [0.2, 0.25) is 0 Å². The molecular weight excluding hydrogens is 292 g/mol. The lowest BCUT2D eigenvalue weighted by Gasteiger charge is -2.15. The first kappa shape index (κ1) is 17.7. The normalized spacial score (nSPS) is 10.1. The zero-order chi connectivity index (χ0) is 16.4. The largest absolute Gasteiger partial charge is 0.487 e. The number of benzene rings is 1. The standard InChI is InChI=1S/C14H20N2O6/c1-19-3-5-21-12-7-10(14(18)16-9-17)11(15)8-13(12)22-6-4-20-2/h7-9H,3-6,15H2,1-2H3,(H,16,17,18). The van der Waals surface area contributed by atoms with Crippen molar-refractivity contribution in [3.63, 3.8) is 0 Å². The van der Waals surface area contributed by atoms with Crippen molar-refractivity contribution < 1.29 is 28.5 Å². The van der Waals surface area contributed by atoms with Gasteiger partial charge < -0.3 is 24.7 Å². The number of rotatable bonds is 10. The van der Waals surface area contributed by atoms with E-state index in [1.165, 1.54) is 12.1 Å². The zero-order valence-electron chi connectivity index (χ0n) is 12.6. The fraction of sp³-hybridized carbons (Fsp3) is 0.429. The second-order valence-electron chi connectivity index (χ2n) is 4.16. The van der Waals surface area contributed by atoms with Gasteiger partial charge in [0.15, 0.2) is 11.5 Å². The highest BCUT2D eigenvalue weighted by Gasteiger charge is 2.16. The summed E-state index contributed by atoms with van der Waals surface area (Å²) in [6.07, 6.45) is 0.288. The molecule has 8 heteroatoms. The number of carbonyl (C=O) groups excluding carboxylic acids is 2. The third-order valence-corrected chi connectivity index (χ3v) is 2.64. The Hall–Kier alpha value is -2.32. The average molecular weight is 312 g/mol. The quantitative estimate of drug-likeness (QED) is 0.361. The molecule has 1 rings (SSSR count). The molecule has 0 atom stereocenters. The molecule has 22 heavy (non-hydrogen) atoms. The summed E-state index contributed by atoms with van der Waals surface area (Å²) in [4.78, 5) is 22.1. The summed E-state index contributed by atoms with van der Waals surface area (Å²) in [6.45, 7) is 1.34. The van der Waals surface area contributed by atoms with Crippen LogP contribution in [0, 0.1) is 0 Å². The monoisotopic (exact) mass is 312 g/mol. The van der Waals surface area contributed by atoms with E-state index >= 15 is 0 Å². The third-order valence-electron chi connectivity index (χ3n) is 2.64. The van der Waals surface area contributed by atoms with Gasteiger partial charge in [0.25, 0.3) is 5.91 Å². The smallest absolute Gasteiger partial charge is 0.259 e. The van der Waals surface area contributed by atoms with Gasteiger partial charge in [-0.3, -0.25) is 14.9 Å². The molecule has 0 spiro atoms. The van der Waals surface area contributed by atoms with Crippen molar-refractivity contribution in [1.29, 1.82) is 0 Å². The van der Waals surface area contributed by atoms with Gasteiger partial charge in [-0.2, -0.15) is 0 Å². The molecule has 0 aromatic heterocycles. The van der Waals surface area contributed by atoms with E-state index in [2.05, 4.69) is 0 Å². The number of nitrogen functional groups attached to an aromatic ring is 1. The van der Waals surface area contributed by atoms with Crippen LogP contribution in [0.15, 0.2) is 12.1 Å². The van der Waals surface area contributed by atoms with Crippen LogP contribution in [0.4, 0.5) is 5.69 Å². The first-order valence-corrected chi connectivity index (χ1v) is 6.55. The van der Waals surface area contributed by atoms with E-state index in [0.717, 1.165) is 0 Å². The highest BCUT2D eigenvalue weighted by molar-refractivity contribution is 6.04. The van der Waals surface area contributed by atoms with Gasteiger partial charge in [0.1, 0.15) is 13.2 Å². The zero-order valence-corrected chi connectivity index (χ0v) is 12.6. The summed E-state index contributed by atoms with van der Waals surface area (Å²) in [7, 11) is 3.10. The summed E-state index contributed by atoms with van der Waals surface area (Å²) >= 11 is 0. The maximum absolute atomic E-state index is 11.8. The summed E-state index contributed by atoms with van der Waals surface area (Å²) in [5.41, 5.74) is 6.11. The van der Waals surface area contributed by atoms with Crippen molar-refractivity contribution in [1.82, 2.24) is 5.32 Å². The van der Waals surface area contributed by atoms with Crippen molar-refractivity contribution in [2.45, 2.75) is 0 Å². The number of amides is 2. The van der Waals surface area contributed by atoms with E-state index in [9.17, 15) is 9.59 Å². The number of hydrogen-bond acceptors (Lipinski definition) is 7. The number of carbonyl (C=O) groups is 2. The minimum atomic E-state index is -0.618. The van der Waals surface area contributed by atoms with Crippen LogP contribution in [0.5, 0.6) is 11.5 Å². The van der Waals surface area contributed by atoms with Crippen LogP contribution >= 0.6 is 0 Å². The van der Waals surface area contributed by atoms with Gasteiger partial charge in [-0.05, 0) is 6.07 Å². The molecule has 0 aliphatic rings. The fourth-order valence-corrected chi connectivity index (χ4v) is 1.60. The maximum atomic E-state index is 11.8. The molecule has 3 N–H and O–H groups in total. The molecule has 0 saturated carbocycles. The van der Waals surface area contributed by atoms with Crippen LogP contribution in [0.1, 0.15) is 10.4 Å². The van der Waals surface area contributed by atoms with Crippen molar-refractivity contribution in [3.05, 3.63) is 17.7 Å². The SMILES string of the molecule is COCCOc1cc(N)c(C(=O)NC=O)cc1OCCOC. The van der Waals surface area contributed by atoms with Crippen LogP contribution in [-0.2, 0) is 14.3 Å². The van der Waals surface area contributed by atoms with Gasteiger partial charge in [-0.1, -0.05) is 0 Å². The molecule has 0 unspecified atom stereocenters. The number of imide groups is 1. The van der Waals surface area contributed by atoms with Crippen molar-refractivity contribution in [3.8, 4) is 11.5 Å². The van der Waals surface area contributed by atoms with Gasteiger partial charge >= 0.3 is 0 Å². The number of methoxy groups -OCH3 is 2. The first-order chi connectivity index (χ1) is 10.6. The lowest BCUT2D eigenvalue weighted by atomic mass is 10.1. The van der Waals surface area contributed by atoms with E-state index < -0.39 is 5.91 Å². The van der Waals surface area contributed by atoms with Gasteiger partial charge in [0, 0.05) is 26.0 Å². The highest BCUT2D eigenvalue weighted by Crippen LogP contribution is 2.32. The molecule has 0 radical (unpaired) electrons. The van der Waals surface area contributed by atoms with Gasteiger partial charge in [0.2, 0.25) is 6.41 Å². The Bertz CT molecular complexity index is 506. The average Bonchev–Trinajstić information content (AvgIpc) is 2.49. The summed E-state index contributed by atoms with van der Waals surface area (Å²) in [6, 6.07) is 2.89. The predicted octanol–water partition coefficient (Wildman–Crippen LogP) is 0.205. The van der Waals surface area contributed by atoms with Crippen LogP contribution in [-0.4, -0.2) is 53.0 Å². The molecule has 0 aliphatic heterocycles. The second-order valence-corrected chi connectivity index (χ2v) is 4.16. The maximum Gasteiger partial charge on any atom is 0.259 e. The van der Waals surface area contributed by atoms with E-state index in [1.807, 2.05) is 5.32 Å². The molecule has 8 nitrogen and oxygen atoms in total. The number of hydrogen-bond donors (Lipinski definition) is 2. The molecule has 0 aliphatic carbocycles. The van der Waals surface area contributed by atoms with Gasteiger partial charge in [-0.15, -0.1) is 0 Å². The number of nitrogens with two attached hydrogens (primary N) is 1. The lowest BCUT2D eigenvalue weighted by Crippen LogP contribution is -2.22. The number of anilines is 1. The minimum Gasteiger partial charge on any atom is -0.487 e. The Balaban J connectivity index is 2.99. The van der Waals surface area contributed by atoms with Crippen LogP contribution < -0.4 is 20.5 Å². The van der Waals surface area contributed by atoms with E-state index in [4.69, 9.17) is 24.7 Å². The molecule has 0 fully saturated rings. The lowest BCUT2D eigenvalue weighted by molar-refractivity contribution is -0.108. The van der Waals surface area contributed by atoms with Crippen LogP contribution in [0.3, 0.4) is 0 Å². The Kier molecular flexibility index (Phi) is 7.73. The van der Waals surface area contributed by atoms with E-state index in [0.29, 0.717) is 31.3 Å². The molecule has 0 bridgehead atoms. The first-order valence-electron chi connectivity index (χ1n) is 6.55. The summed E-state index contributed by atoms with van der Waals surface area (Å²) < 4.78 is 20.8. The van der Waals surface area contributed by atoms with Gasteiger partial charge in [0.05, 0.1) is 18.8 Å². The molecule has 1 aromatic carbocycles. The molecule has 0 saturated heterocycles. The molecule has 1 aromatic rings. The topological polar surface area (TPSA) is 109 Å². The number of ether oxygens (including phenoxy) is 4. The second kappa shape index (κ2) is 9.59. The number of nitrogens with one attached hydrogen (secondary N) is 1. The minimum absolute atomic E-state index is 0.124. The molecule has 0 heterocycles. The highest BCUT2D eigenvalue weighted by atomic mass is 16.5. The summed E-state index contributed by atoms with van der Waals surface area (Å²) in [5.74, 6) is 0.0965. The third kappa shape index (κ3) is 5.23. The molecule has 122 valence electrons. The molecular formula is C14H20N2O6.